The van der Waals surface area contributed by atoms with Crippen LogP contribution in [0.5, 0.6) is 5.75 Å². The number of nitro groups is 1. The Morgan fingerprint density at radius 2 is 1.87 bits per heavy atom. The Bertz CT molecular complexity index is 491. The monoisotopic (exact) mass is 203 g/mol. The van der Waals surface area contributed by atoms with Crippen LogP contribution in [-0.2, 0) is 0 Å². The first-order valence-corrected chi connectivity index (χ1v) is 4.50. The van der Waals surface area contributed by atoms with Crippen LogP contribution in [-0.4, -0.2) is 11.7 Å². The molecule has 2 aromatic carbocycles. The van der Waals surface area contributed by atoms with Crippen LogP contribution < -0.4 is 4.74 Å². The number of hydrogen-bond donors (Lipinski definition) is 0. The van der Waals surface area contributed by atoms with Crippen molar-refractivity contribution in [3.8, 4) is 5.75 Å². The summed E-state index contributed by atoms with van der Waals surface area (Å²) in [6.45, 7) is -0.506. The quantitative estimate of drug-likeness (QED) is 0.437. The van der Waals surface area contributed by atoms with Gasteiger partial charge >= 0.3 is 6.73 Å². The number of nitrogens with zero attached hydrogens (tertiary/aromatic N) is 1. The highest BCUT2D eigenvalue weighted by atomic mass is 16.7. The van der Waals surface area contributed by atoms with Crippen LogP contribution in [0.3, 0.4) is 0 Å². The van der Waals surface area contributed by atoms with Gasteiger partial charge in [0.1, 0.15) is 5.75 Å². The maximum atomic E-state index is 10.2. The lowest BCUT2D eigenvalue weighted by Gasteiger charge is -2.04. The molecule has 15 heavy (non-hydrogen) atoms. The van der Waals surface area contributed by atoms with Crippen LogP contribution in [0, 0.1) is 10.1 Å². The fourth-order valence-corrected chi connectivity index (χ4v) is 1.44. The lowest BCUT2D eigenvalue weighted by molar-refractivity contribution is -0.514. The maximum Gasteiger partial charge on any atom is 0.344 e. The summed E-state index contributed by atoms with van der Waals surface area (Å²) in [5, 5.41) is 12.1. The van der Waals surface area contributed by atoms with Crippen molar-refractivity contribution in [2.75, 3.05) is 6.73 Å². The first-order chi connectivity index (χ1) is 7.27. The van der Waals surface area contributed by atoms with Gasteiger partial charge in [0.25, 0.3) is 0 Å². The molecule has 76 valence electrons. The second-order valence-electron chi connectivity index (χ2n) is 3.08. The normalized spacial score (nSPS) is 10.1. The van der Waals surface area contributed by atoms with E-state index >= 15 is 0 Å². The van der Waals surface area contributed by atoms with E-state index in [1.54, 1.807) is 6.07 Å². The molecule has 0 atom stereocenters. The zero-order valence-electron chi connectivity index (χ0n) is 7.92. The van der Waals surface area contributed by atoms with Gasteiger partial charge in [0.15, 0.2) is 0 Å². The largest absolute Gasteiger partial charge is 0.431 e. The summed E-state index contributed by atoms with van der Waals surface area (Å²) < 4.78 is 5.08. The highest BCUT2D eigenvalue weighted by Crippen LogP contribution is 2.24. The third-order valence-corrected chi connectivity index (χ3v) is 2.08. The molecule has 0 aliphatic heterocycles. The van der Waals surface area contributed by atoms with E-state index in [0.717, 1.165) is 10.8 Å². The molecular formula is C11H9NO3. The number of benzene rings is 2. The number of fused-ring (bicyclic) bond motifs is 1. The van der Waals surface area contributed by atoms with Crippen LogP contribution in [0.4, 0.5) is 0 Å². The van der Waals surface area contributed by atoms with Gasteiger partial charge in [-0.15, -0.1) is 0 Å². The minimum absolute atomic E-state index is 0.498. The van der Waals surface area contributed by atoms with Crippen LogP contribution in [0.2, 0.25) is 0 Å². The molecule has 0 heterocycles. The molecule has 0 unspecified atom stereocenters. The molecule has 4 heteroatoms. The van der Waals surface area contributed by atoms with E-state index in [-0.39, 0.29) is 0 Å². The summed E-state index contributed by atoms with van der Waals surface area (Å²) in [4.78, 5) is 9.69. The van der Waals surface area contributed by atoms with Crippen molar-refractivity contribution >= 4 is 10.8 Å². The molecule has 2 aromatic rings. The SMILES string of the molecule is O=[N+]([O-])COc1cccc2ccccc12. The molecule has 0 radical (unpaired) electrons. The number of ether oxygens (including phenoxy) is 1. The van der Waals surface area contributed by atoms with Crippen molar-refractivity contribution in [1.82, 2.24) is 0 Å². The van der Waals surface area contributed by atoms with Gasteiger partial charge in [-0.05, 0) is 11.5 Å². The third-order valence-electron chi connectivity index (χ3n) is 2.08. The highest BCUT2D eigenvalue weighted by Gasteiger charge is 2.03. The third kappa shape index (κ3) is 2.04. The lowest BCUT2D eigenvalue weighted by atomic mass is 10.1. The Morgan fingerprint density at radius 1 is 1.13 bits per heavy atom. The molecule has 0 fully saturated rings. The van der Waals surface area contributed by atoms with Gasteiger partial charge in [0.2, 0.25) is 0 Å². The zero-order valence-corrected chi connectivity index (χ0v) is 7.92. The Balaban J connectivity index is 2.38. The predicted octanol–water partition coefficient (Wildman–Crippen LogP) is 2.45. The topological polar surface area (TPSA) is 52.4 Å². The zero-order chi connectivity index (χ0) is 10.7. The summed E-state index contributed by atoms with van der Waals surface area (Å²) in [6.07, 6.45) is 0. The van der Waals surface area contributed by atoms with Crippen molar-refractivity contribution in [1.29, 1.82) is 0 Å². The van der Waals surface area contributed by atoms with Crippen molar-refractivity contribution in [2.24, 2.45) is 0 Å². The summed E-state index contributed by atoms with van der Waals surface area (Å²) >= 11 is 0. The van der Waals surface area contributed by atoms with Gasteiger partial charge in [0.05, 0.1) is 4.92 Å². The summed E-state index contributed by atoms with van der Waals surface area (Å²) in [5.41, 5.74) is 0. The highest BCUT2D eigenvalue weighted by molar-refractivity contribution is 5.88. The fourth-order valence-electron chi connectivity index (χ4n) is 1.44. The molecule has 0 saturated heterocycles. The Hall–Kier alpha value is -2.10. The average molecular weight is 203 g/mol. The van der Waals surface area contributed by atoms with Crippen molar-refractivity contribution < 1.29 is 9.66 Å². The van der Waals surface area contributed by atoms with E-state index < -0.39 is 11.7 Å². The van der Waals surface area contributed by atoms with Gasteiger partial charge < -0.3 is 4.74 Å². The van der Waals surface area contributed by atoms with Crippen LogP contribution in [0.25, 0.3) is 10.8 Å². The molecule has 0 N–H and O–H groups in total. The van der Waals surface area contributed by atoms with Gasteiger partial charge in [-0.1, -0.05) is 36.4 Å². The predicted molar refractivity (Wildman–Crippen MR) is 56.4 cm³/mol. The Morgan fingerprint density at radius 3 is 2.67 bits per heavy atom. The summed E-state index contributed by atoms with van der Waals surface area (Å²) in [7, 11) is 0. The molecule has 4 nitrogen and oxygen atoms in total. The van der Waals surface area contributed by atoms with Crippen LogP contribution >= 0.6 is 0 Å². The Kier molecular flexibility index (Phi) is 2.49. The molecule has 0 aliphatic rings. The molecule has 0 spiro atoms. The van der Waals surface area contributed by atoms with E-state index in [1.165, 1.54) is 0 Å². The molecule has 0 aliphatic carbocycles. The van der Waals surface area contributed by atoms with E-state index in [2.05, 4.69) is 0 Å². The standard InChI is InChI=1S/C11H9NO3/c13-12(14)8-15-11-7-3-5-9-4-1-2-6-10(9)11/h1-7H,8H2. The molecular weight excluding hydrogens is 194 g/mol. The summed E-state index contributed by atoms with van der Waals surface area (Å²) in [5.74, 6) is 0.546. The molecule has 0 aromatic heterocycles. The lowest BCUT2D eigenvalue weighted by Crippen LogP contribution is -2.08. The summed E-state index contributed by atoms with van der Waals surface area (Å²) in [6, 6.07) is 13.1. The molecule has 0 bridgehead atoms. The van der Waals surface area contributed by atoms with Crippen molar-refractivity contribution in [3.63, 3.8) is 0 Å². The minimum atomic E-state index is -0.506. The average Bonchev–Trinajstić information content (AvgIpc) is 2.26. The van der Waals surface area contributed by atoms with E-state index in [9.17, 15) is 10.1 Å². The minimum Gasteiger partial charge on any atom is -0.431 e. The Labute approximate surface area is 86.2 Å². The number of hydrogen-bond acceptors (Lipinski definition) is 3. The van der Waals surface area contributed by atoms with E-state index in [1.807, 2.05) is 36.4 Å². The second kappa shape index (κ2) is 3.96. The first-order valence-electron chi connectivity index (χ1n) is 4.50. The van der Waals surface area contributed by atoms with Gasteiger partial charge in [0, 0.05) is 5.39 Å². The second-order valence-corrected chi connectivity index (χ2v) is 3.08. The van der Waals surface area contributed by atoms with E-state index in [0.29, 0.717) is 5.75 Å². The first kappa shape index (κ1) is 9.45. The van der Waals surface area contributed by atoms with Gasteiger partial charge in [-0.2, -0.15) is 0 Å². The molecule has 0 saturated carbocycles. The molecule has 0 amide bonds. The van der Waals surface area contributed by atoms with Gasteiger partial charge in [-0.3, -0.25) is 10.1 Å². The van der Waals surface area contributed by atoms with Gasteiger partial charge in [-0.25, -0.2) is 0 Å². The molecule has 2 rings (SSSR count). The van der Waals surface area contributed by atoms with Crippen molar-refractivity contribution in [3.05, 3.63) is 52.6 Å². The maximum absolute atomic E-state index is 10.2. The fraction of sp³-hybridized carbons (Fsp3) is 0.0909. The smallest absolute Gasteiger partial charge is 0.344 e. The van der Waals surface area contributed by atoms with E-state index in [4.69, 9.17) is 4.74 Å². The van der Waals surface area contributed by atoms with Crippen molar-refractivity contribution in [2.45, 2.75) is 0 Å². The van der Waals surface area contributed by atoms with Crippen LogP contribution in [0.15, 0.2) is 42.5 Å². The number of rotatable bonds is 3. The van der Waals surface area contributed by atoms with Crippen LogP contribution in [0.1, 0.15) is 0 Å².